The highest BCUT2D eigenvalue weighted by molar-refractivity contribution is 7.16. The van der Waals surface area contributed by atoms with Gasteiger partial charge in [-0.1, -0.05) is 23.5 Å². The number of aromatic nitrogens is 3. The minimum absolute atomic E-state index is 0.171. The third-order valence-electron chi connectivity index (χ3n) is 4.72. The molecule has 4 aromatic rings. The molecule has 0 atom stereocenters. The van der Waals surface area contributed by atoms with Gasteiger partial charge in [-0.05, 0) is 44.2 Å². The van der Waals surface area contributed by atoms with Crippen LogP contribution in [0.2, 0.25) is 0 Å². The number of esters is 1. The molecule has 0 radical (unpaired) electrons. The summed E-state index contributed by atoms with van der Waals surface area (Å²) in [6.45, 7) is 5.57. The molecule has 4 rings (SSSR count). The summed E-state index contributed by atoms with van der Waals surface area (Å²) in [5, 5.41) is 0. The van der Waals surface area contributed by atoms with Gasteiger partial charge < -0.3 is 14.0 Å². The number of ether oxygens (including phenoxy) is 2. The maximum atomic E-state index is 12.9. The fraction of sp³-hybridized carbons (Fsp3) is 0.261. The Morgan fingerprint density at radius 1 is 1.09 bits per heavy atom. The van der Waals surface area contributed by atoms with Gasteiger partial charge in [-0.2, -0.15) is 4.99 Å². The number of benzene rings is 2. The SMILES string of the molecule is CCOCCn1c(=NC(=O)c2cnc3ccccc3n2)sc2cc(C(=O)OCC)ccc21. The van der Waals surface area contributed by atoms with E-state index in [1.54, 1.807) is 25.1 Å². The van der Waals surface area contributed by atoms with Crippen LogP contribution in [0.15, 0.2) is 53.7 Å². The van der Waals surface area contributed by atoms with E-state index in [2.05, 4.69) is 15.0 Å². The molecule has 0 N–H and O–H groups in total. The van der Waals surface area contributed by atoms with Crippen molar-refractivity contribution in [2.45, 2.75) is 20.4 Å². The number of fused-ring (bicyclic) bond motifs is 2. The van der Waals surface area contributed by atoms with Crippen molar-refractivity contribution in [3.05, 3.63) is 64.7 Å². The van der Waals surface area contributed by atoms with Gasteiger partial charge in [0.15, 0.2) is 4.80 Å². The fourth-order valence-electron chi connectivity index (χ4n) is 3.22. The Kier molecular flexibility index (Phi) is 6.67. The van der Waals surface area contributed by atoms with E-state index in [-0.39, 0.29) is 11.7 Å². The van der Waals surface area contributed by atoms with Crippen molar-refractivity contribution in [3.8, 4) is 0 Å². The molecule has 1 amide bonds. The van der Waals surface area contributed by atoms with Crippen LogP contribution >= 0.6 is 11.3 Å². The van der Waals surface area contributed by atoms with E-state index in [1.807, 2.05) is 35.8 Å². The molecule has 2 heterocycles. The number of hydrogen-bond acceptors (Lipinski definition) is 7. The molecular weight excluding hydrogens is 428 g/mol. The zero-order chi connectivity index (χ0) is 22.5. The number of amides is 1. The first-order chi connectivity index (χ1) is 15.6. The standard InChI is InChI=1S/C23H22N4O4S/c1-3-30-12-11-27-19-10-9-15(22(29)31-4-2)13-20(19)32-23(27)26-21(28)18-14-24-16-7-5-6-8-17(16)25-18/h5-10,13-14H,3-4,11-12H2,1-2H3. The Hall–Kier alpha value is -3.43. The van der Waals surface area contributed by atoms with Gasteiger partial charge in [0.05, 0.1) is 46.2 Å². The molecule has 0 aliphatic heterocycles. The number of para-hydroxylation sites is 2. The van der Waals surface area contributed by atoms with E-state index in [9.17, 15) is 9.59 Å². The molecule has 0 saturated heterocycles. The van der Waals surface area contributed by atoms with Crippen LogP contribution in [-0.2, 0) is 16.0 Å². The summed E-state index contributed by atoms with van der Waals surface area (Å²) in [4.78, 5) is 38.5. The molecule has 32 heavy (non-hydrogen) atoms. The molecule has 0 aliphatic rings. The van der Waals surface area contributed by atoms with Crippen LogP contribution in [0.3, 0.4) is 0 Å². The first-order valence-electron chi connectivity index (χ1n) is 10.3. The smallest absolute Gasteiger partial charge is 0.338 e. The molecule has 9 heteroatoms. The van der Waals surface area contributed by atoms with Gasteiger partial charge in [0.25, 0.3) is 5.91 Å². The van der Waals surface area contributed by atoms with E-state index in [1.165, 1.54) is 17.5 Å². The Balaban J connectivity index is 1.77. The van der Waals surface area contributed by atoms with Crippen molar-refractivity contribution < 1.29 is 19.1 Å². The fourth-order valence-corrected chi connectivity index (χ4v) is 4.31. The van der Waals surface area contributed by atoms with Crippen LogP contribution in [0.25, 0.3) is 21.3 Å². The maximum absolute atomic E-state index is 12.9. The summed E-state index contributed by atoms with van der Waals surface area (Å²) in [6, 6.07) is 12.7. The van der Waals surface area contributed by atoms with Gasteiger partial charge in [0.2, 0.25) is 0 Å². The molecule has 8 nitrogen and oxygen atoms in total. The lowest BCUT2D eigenvalue weighted by Crippen LogP contribution is -2.20. The summed E-state index contributed by atoms with van der Waals surface area (Å²) in [5.41, 5.74) is 2.83. The first-order valence-corrected chi connectivity index (χ1v) is 11.1. The molecule has 0 fully saturated rings. The second-order valence-corrected chi connectivity index (χ2v) is 7.81. The first kappa shape index (κ1) is 21.8. The third-order valence-corrected chi connectivity index (χ3v) is 5.76. The van der Waals surface area contributed by atoms with Crippen LogP contribution in [0, 0.1) is 0 Å². The number of thiazole rings is 1. The van der Waals surface area contributed by atoms with Gasteiger partial charge in [-0.15, -0.1) is 0 Å². The minimum atomic E-state index is -0.481. The lowest BCUT2D eigenvalue weighted by atomic mass is 10.2. The molecule has 0 bridgehead atoms. The van der Waals surface area contributed by atoms with E-state index < -0.39 is 5.91 Å². The van der Waals surface area contributed by atoms with Crippen LogP contribution in [0.5, 0.6) is 0 Å². The van der Waals surface area contributed by atoms with Crippen LogP contribution in [-0.4, -0.2) is 46.2 Å². The average Bonchev–Trinajstić information content (AvgIpc) is 3.15. The highest BCUT2D eigenvalue weighted by atomic mass is 32.1. The van der Waals surface area contributed by atoms with Crippen molar-refractivity contribution in [3.63, 3.8) is 0 Å². The van der Waals surface area contributed by atoms with Gasteiger partial charge in [0, 0.05) is 13.2 Å². The highest BCUT2D eigenvalue weighted by Gasteiger charge is 2.14. The summed E-state index contributed by atoms with van der Waals surface area (Å²) in [7, 11) is 0. The predicted octanol–water partition coefficient (Wildman–Crippen LogP) is 3.60. The van der Waals surface area contributed by atoms with Crippen molar-refractivity contribution in [2.24, 2.45) is 4.99 Å². The third kappa shape index (κ3) is 4.58. The molecule has 0 saturated carbocycles. The van der Waals surface area contributed by atoms with E-state index in [0.29, 0.717) is 47.8 Å². The zero-order valence-electron chi connectivity index (χ0n) is 17.8. The summed E-state index contributed by atoms with van der Waals surface area (Å²) < 4.78 is 13.3. The maximum Gasteiger partial charge on any atom is 0.338 e. The van der Waals surface area contributed by atoms with Crippen LogP contribution < -0.4 is 4.80 Å². The van der Waals surface area contributed by atoms with Crippen molar-refractivity contribution in [2.75, 3.05) is 19.8 Å². The summed E-state index contributed by atoms with van der Waals surface area (Å²) in [6.07, 6.45) is 1.44. The Morgan fingerprint density at radius 2 is 1.91 bits per heavy atom. The van der Waals surface area contributed by atoms with Gasteiger partial charge in [0.1, 0.15) is 5.69 Å². The van der Waals surface area contributed by atoms with E-state index in [0.717, 1.165) is 10.2 Å². The predicted molar refractivity (Wildman–Crippen MR) is 122 cm³/mol. The Labute approximate surface area is 188 Å². The van der Waals surface area contributed by atoms with E-state index >= 15 is 0 Å². The molecule has 0 unspecified atom stereocenters. The second-order valence-electron chi connectivity index (χ2n) is 6.80. The normalized spacial score (nSPS) is 11.9. The number of rotatable bonds is 7. The van der Waals surface area contributed by atoms with Crippen molar-refractivity contribution in [1.29, 1.82) is 0 Å². The van der Waals surface area contributed by atoms with Crippen molar-refractivity contribution in [1.82, 2.24) is 14.5 Å². The lowest BCUT2D eigenvalue weighted by Gasteiger charge is -2.06. The Bertz CT molecular complexity index is 1360. The monoisotopic (exact) mass is 450 g/mol. The van der Waals surface area contributed by atoms with Crippen LogP contribution in [0.4, 0.5) is 0 Å². The summed E-state index contributed by atoms with van der Waals surface area (Å²) in [5.74, 6) is -0.866. The topological polar surface area (TPSA) is 95.7 Å². The quantitative estimate of drug-likeness (QED) is 0.315. The highest BCUT2D eigenvalue weighted by Crippen LogP contribution is 2.20. The molecular formula is C23H22N4O4S. The number of nitrogens with zero attached hydrogens (tertiary/aromatic N) is 4. The lowest BCUT2D eigenvalue weighted by molar-refractivity contribution is 0.0526. The Morgan fingerprint density at radius 3 is 2.69 bits per heavy atom. The van der Waals surface area contributed by atoms with Crippen LogP contribution in [0.1, 0.15) is 34.7 Å². The van der Waals surface area contributed by atoms with Gasteiger partial charge in [-0.3, -0.25) is 9.78 Å². The summed E-state index contributed by atoms with van der Waals surface area (Å²) >= 11 is 1.32. The number of hydrogen-bond donors (Lipinski definition) is 0. The largest absolute Gasteiger partial charge is 0.462 e. The van der Waals surface area contributed by atoms with Gasteiger partial charge in [-0.25, -0.2) is 9.78 Å². The minimum Gasteiger partial charge on any atom is -0.462 e. The average molecular weight is 451 g/mol. The van der Waals surface area contributed by atoms with Crippen molar-refractivity contribution >= 4 is 44.5 Å². The molecule has 0 aliphatic carbocycles. The van der Waals surface area contributed by atoms with E-state index in [4.69, 9.17) is 9.47 Å². The zero-order valence-corrected chi connectivity index (χ0v) is 18.6. The molecule has 0 spiro atoms. The number of carbonyl (C=O) groups excluding carboxylic acids is 2. The second kappa shape index (κ2) is 9.80. The van der Waals surface area contributed by atoms with Gasteiger partial charge >= 0.3 is 5.97 Å². The number of carbonyl (C=O) groups is 2. The molecule has 2 aromatic heterocycles. The molecule has 2 aromatic carbocycles. The molecule has 164 valence electrons.